The van der Waals surface area contributed by atoms with Crippen LogP contribution in [0.25, 0.3) is 16.9 Å². The van der Waals surface area contributed by atoms with Gasteiger partial charge in [0.05, 0.1) is 36.1 Å². The van der Waals surface area contributed by atoms with Gasteiger partial charge in [-0.15, -0.1) is 0 Å². The number of imidazole rings is 1. The van der Waals surface area contributed by atoms with E-state index in [9.17, 15) is 14.7 Å². The van der Waals surface area contributed by atoms with Crippen molar-refractivity contribution >= 4 is 11.6 Å². The lowest BCUT2D eigenvalue weighted by Gasteiger charge is -2.28. The van der Waals surface area contributed by atoms with Crippen LogP contribution in [-0.4, -0.2) is 51.9 Å². The zero-order chi connectivity index (χ0) is 22.9. The molecule has 0 bridgehead atoms. The molecule has 170 valence electrons. The monoisotopic (exact) mass is 447 g/mol. The van der Waals surface area contributed by atoms with Crippen molar-refractivity contribution in [1.29, 1.82) is 0 Å². The lowest BCUT2D eigenvalue weighted by Crippen LogP contribution is -2.45. The first-order chi connectivity index (χ1) is 16.0. The van der Waals surface area contributed by atoms with Gasteiger partial charge < -0.3 is 10.4 Å². The van der Waals surface area contributed by atoms with Crippen molar-refractivity contribution in [3.8, 4) is 11.3 Å². The first-order valence-corrected chi connectivity index (χ1v) is 11.0. The molecule has 2 atom stereocenters. The van der Waals surface area contributed by atoms with Crippen LogP contribution in [0.5, 0.6) is 0 Å². The number of rotatable bonds is 5. The first-order valence-electron chi connectivity index (χ1n) is 11.0. The number of nitrogens with one attached hydrogen (secondary N) is 1. The molecule has 1 fully saturated rings. The van der Waals surface area contributed by atoms with Gasteiger partial charge in [-0.2, -0.15) is 5.10 Å². The Hall–Kier alpha value is -3.79. The van der Waals surface area contributed by atoms with E-state index in [1.54, 1.807) is 23.3 Å². The summed E-state index contributed by atoms with van der Waals surface area (Å²) in [6.45, 7) is 0.250. The van der Waals surface area contributed by atoms with Crippen LogP contribution in [-0.2, 0) is 13.6 Å². The van der Waals surface area contributed by atoms with Crippen molar-refractivity contribution in [3.05, 3.63) is 70.9 Å². The second-order valence-electron chi connectivity index (χ2n) is 8.46. The fourth-order valence-corrected chi connectivity index (χ4v) is 4.30. The maximum absolute atomic E-state index is 13.1. The Labute approximate surface area is 189 Å². The molecule has 2 N–H and O–H groups in total. The van der Waals surface area contributed by atoms with E-state index in [1.165, 1.54) is 21.4 Å². The molecule has 0 saturated heterocycles. The highest BCUT2D eigenvalue weighted by atomic mass is 16.3. The highest BCUT2D eigenvalue weighted by molar-refractivity contribution is 5.99. The third-order valence-corrected chi connectivity index (χ3v) is 6.09. The van der Waals surface area contributed by atoms with E-state index in [0.717, 1.165) is 36.1 Å². The van der Waals surface area contributed by atoms with E-state index in [2.05, 4.69) is 20.4 Å². The minimum Gasteiger partial charge on any atom is -0.391 e. The number of carbonyl (C=O) groups excluding carboxylic acids is 1. The lowest BCUT2D eigenvalue weighted by molar-refractivity contribution is 0.0717. The van der Waals surface area contributed by atoms with Crippen LogP contribution in [0.1, 0.15) is 41.6 Å². The first kappa shape index (κ1) is 21.1. The smallest absolute Gasteiger partial charge is 0.334 e. The molecule has 1 amide bonds. The molecule has 1 aliphatic carbocycles. The van der Waals surface area contributed by atoms with Gasteiger partial charge in [0.1, 0.15) is 0 Å². The number of fused-ring (bicyclic) bond motifs is 1. The maximum Gasteiger partial charge on any atom is 0.334 e. The Morgan fingerprint density at radius 3 is 2.76 bits per heavy atom. The summed E-state index contributed by atoms with van der Waals surface area (Å²) in [4.78, 5) is 34.8. The fourth-order valence-electron chi connectivity index (χ4n) is 4.30. The summed E-state index contributed by atoms with van der Waals surface area (Å²) in [5, 5.41) is 17.3. The molecule has 5 rings (SSSR count). The summed E-state index contributed by atoms with van der Waals surface area (Å²) < 4.78 is 4.55. The van der Waals surface area contributed by atoms with Crippen LogP contribution in [0.15, 0.2) is 54.1 Å². The molecule has 0 unspecified atom stereocenters. The van der Waals surface area contributed by atoms with Crippen molar-refractivity contribution < 1.29 is 9.90 Å². The molecule has 0 aromatic carbocycles. The van der Waals surface area contributed by atoms with E-state index in [-0.39, 0.29) is 29.7 Å². The van der Waals surface area contributed by atoms with Crippen LogP contribution in [0.2, 0.25) is 0 Å². The van der Waals surface area contributed by atoms with Crippen molar-refractivity contribution in [2.45, 2.75) is 44.4 Å². The molecule has 1 aliphatic rings. The molecule has 4 aromatic rings. The number of aliphatic hydroxyl groups excluding tert-OH is 1. The van der Waals surface area contributed by atoms with Gasteiger partial charge in [-0.3, -0.25) is 23.4 Å². The zero-order valence-electron chi connectivity index (χ0n) is 18.3. The molecule has 10 nitrogen and oxygen atoms in total. The molecular formula is C23H25N7O3. The van der Waals surface area contributed by atoms with Crippen LogP contribution in [0, 0.1) is 0 Å². The predicted octanol–water partition coefficient (Wildman–Crippen LogP) is 1.37. The number of aliphatic hydroxyl groups is 1. The summed E-state index contributed by atoms with van der Waals surface area (Å²) >= 11 is 0. The Kier molecular flexibility index (Phi) is 5.51. The van der Waals surface area contributed by atoms with Gasteiger partial charge in [-0.1, -0.05) is 18.9 Å². The SMILES string of the molecule is Cn1cc(-c2ccc(Cn3cc(C(=O)N[C@H]4CCCC[C@@H]4O)c4nccn4c3=O)cn2)cn1. The molecule has 0 radical (unpaired) electrons. The van der Waals surface area contributed by atoms with E-state index < -0.39 is 6.10 Å². The Bertz CT molecular complexity index is 1350. The number of hydrogen-bond donors (Lipinski definition) is 2. The summed E-state index contributed by atoms with van der Waals surface area (Å²) in [5.41, 5.74) is 2.80. The third-order valence-electron chi connectivity index (χ3n) is 6.09. The minimum absolute atomic E-state index is 0.250. The van der Waals surface area contributed by atoms with Crippen molar-refractivity contribution in [2.75, 3.05) is 0 Å². The number of amides is 1. The van der Waals surface area contributed by atoms with E-state index >= 15 is 0 Å². The number of aromatic nitrogens is 6. The van der Waals surface area contributed by atoms with Crippen molar-refractivity contribution in [1.82, 2.24) is 34.0 Å². The number of pyridine rings is 1. The van der Waals surface area contributed by atoms with E-state index in [1.807, 2.05) is 25.4 Å². The van der Waals surface area contributed by atoms with E-state index in [4.69, 9.17) is 0 Å². The molecule has 33 heavy (non-hydrogen) atoms. The molecule has 4 aromatic heterocycles. The highest BCUT2D eigenvalue weighted by Crippen LogP contribution is 2.20. The summed E-state index contributed by atoms with van der Waals surface area (Å²) in [6, 6.07) is 3.48. The van der Waals surface area contributed by atoms with Crippen LogP contribution in [0.3, 0.4) is 0 Å². The second-order valence-corrected chi connectivity index (χ2v) is 8.46. The molecule has 10 heteroatoms. The van der Waals surface area contributed by atoms with Crippen molar-refractivity contribution in [2.24, 2.45) is 7.05 Å². The number of hydrogen-bond acceptors (Lipinski definition) is 6. The van der Waals surface area contributed by atoms with Gasteiger partial charge in [0, 0.05) is 43.6 Å². The van der Waals surface area contributed by atoms with Gasteiger partial charge in [0.2, 0.25) is 0 Å². The standard InChI is InChI=1S/C23H25N7O3/c1-28-13-16(11-26-28)18-7-6-15(10-25-18)12-29-14-17(21-24-8-9-30(21)23(29)33)22(32)27-19-4-2-3-5-20(19)31/h6-11,13-14,19-20,31H,2-5,12H2,1H3,(H,27,32)/t19-,20-/m0/s1. The largest absolute Gasteiger partial charge is 0.391 e. The quantitative estimate of drug-likeness (QED) is 0.477. The van der Waals surface area contributed by atoms with E-state index in [0.29, 0.717) is 12.1 Å². The van der Waals surface area contributed by atoms with Gasteiger partial charge in [-0.05, 0) is 24.5 Å². The van der Waals surface area contributed by atoms with Gasteiger partial charge >= 0.3 is 5.69 Å². The van der Waals surface area contributed by atoms with Crippen LogP contribution >= 0.6 is 0 Å². The molecular weight excluding hydrogens is 422 g/mol. The molecule has 0 aliphatic heterocycles. The molecule has 0 spiro atoms. The zero-order valence-corrected chi connectivity index (χ0v) is 18.3. The number of carbonyl (C=O) groups is 1. The summed E-state index contributed by atoms with van der Waals surface area (Å²) in [6.07, 6.45) is 12.7. The van der Waals surface area contributed by atoms with Gasteiger partial charge in [-0.25, -0.2) is 9.78 Å². The topological polar surface area (TPSA) is 119 Å². The predicted molar refractivity (Wildman–Crippen MR) is 121 cm³/mol. The maximum atomic E-state index is 13.1. The third kappa shape index (κ3) is 4.17. The Morgan fingerprint density at radius 2 is 2.03 bits per heavy atom. The number of aryl methyl sites for hydroxylation is 1. The summed E-state index contributed by atoms with van der Waals surface area (Å²) in [7, 11) is 1.85. The van der Waals surface area contributed by atoms with Crippen molar-refractivity contribution in [3.63, 3.8) is 0 Å². The average molecular weight is 447 g/mol. The average Bonchev–Trinajstić information content (AvgIpc) is 3.47. The highest BCUT2D eigenvalue weighted by Gasteiger charge is 2.26. The Balaban J connectivity index is 1.43. The van der Waals surface area contributed by atoms with Gasteiger partial charge in [0.25, 0.3) is 5.91 Å². The number of nitrogens with zero attached hydrogens (tertiary/aromatic N) is 6. The van der Waals surface area contributed by atoms with Crippen LogP contribution < -0.4 is 11.0 Å². The minimum atomic E-state index is -0.561. The molecule has 1 saturated carbocycles. The lowest BCUT2D eigenvalue weighted by atomic mass is 9.92. The second kappa shape index (κ2) is 8.62. The fraction of sp³-hybridized carbons (Fsp3) is 0.348. The van der Waals surface area contributed by atoms with Gasteiger partial charge in [0.15, 0.2) is 5.65 Å². The normalized spacial score (nSPS) is 18.5. The van der Waals surface area contributed by atoms with Crippen LogP contribution in [0.4, 0.5) is 0 Å². The molecule has 4 heterocycles. The summed E-state index contributed by atoms with van der Waals surface area (Å²) in [5.74, 6) is -0.351. The Morgan fingerprint density at radius 1 is 1.18 bits per heavy atom.